The maximum absolute atomic E-state index is 11.0. The van der Waals surface area contributed by atoms with E-state index < -0.39 is 5.97 Å². The molecule has 0 bridgehead atoms. The van der Waals surface area contributed by atoms with E-state index in [1.54, 1.807) is 7.11 Å². The molecular formula is C24H35N7O3. The number of nitrogens with zero attached hydrogens (tertiary/aromatic N) is 3. The van der Waals surface area contributed by atoms with Crippen LogP contribution in [-0.2, 0) is 4.79 Å². The Morgan fingerprint density at radius 1 is 1.15 bits per heavy atom. The molecule has 2 aromatic rings. The van der Waals surface area contributed by atoms with Gasteiger partial charge in [-0.25, -0.2) is 0 Å². The minimum absolute atomic E-state index is 0.232. The quantitative estimate of drug-likeness (QED) is 0.386. The summed E-state index contributed by atoms with van der Waals surface area (Å²) in [4.78, 5) is 22.2. The number of anilines is 6. The number of carbonyl (C=O) groups is 1. The predicted molar refractivity (Wildman–Crippen MR) is 135 cm³/mol. The average molecular weight is 470 g/mol. The van der Waals surface area contributed by atoms with Gasteiger partial charge in [-0.3, -0.25) is 4.79 Å². The number of nitrogens with one attached hydrogen (secondary N) is 2. The van der Waals surface area contributed by atoms with Gasteiger partial charge in [-0.2, -0.15) is 9.97 Å². The van der Waals surface area contributed by atoms with E-state index in [0.717, 1.165) is 50.1 Å². The molecule has 0 atom stereocenters. The highest BCUT2D eigenvalue weighted by Gasteiger charge is 2.22. The van der Waals surface area contributed by atoms with Crippen LogP contribution in [0.4, 0.5) is 34.6 Å². The van der Waals surface area contributed by atoms with Crippen molar-refractivity contribution in [3.05, 3.63) is 18.2 Å². The van der Waals surface area contributed by atoms with Crippen LogP contribution < -0.4 is 31.7 Å². The number of nitrogens with two attached hydrogens (primary N) is 2. The number of rotatable bonds is 8. The van der Waals surface area contributed by atoms with Gasteiger partial charge in [0.2, 0.25) is 5.95 Å². The smallest absolute Gasteiger partial charge is 0.303 e. The molecule has 0 spiro atoms. The fourth-order valence-corrected chi connectivity index (χ4v) is 4.84. The summed E-state index contributed by atoms with van der Waals surface area (Å²) in [6, 6.07) is 6.26. The van der Waals surface area contributed by atoms with Crippen molar-refractivity contribution < 1.29 is 14.6 Å². The zero-order valence-corrected chi connectivity index (χ0v) is 19.7. The van der Waals surface area contributed by atoms with Crippen LogP contribution in [0.15, 0.2) is 18.2 Å². The Morgan fingerprint density at radius 2 is 1.88 bits per heavy atom. The third kappa shape index (κ3) is 5.73. The molecule has 1 aliphatic carbocycles. The van der Waals surface area contributed by atoms with E-state index in [4.69, 9.17) is 21.3 Å². The molecule has 2 aliphatic rings. The lowest BCUT2D eigenvalue weighted by atomic mass is 9.93. The normalized spacial score (nSPS) is 17.4. The second-order valence-corrected chi connectivity index (χ2v) is 9.21. The average Bonchev–Trinajstić information content (AvgIpc) is 2.83. The number of carboxylic acids is 1. The maximum atomic E-state index is 11.0. The minimum Gasteiger partial charge on any atom is -0.494 e. The molecule has 10 heteroatoms. The number of carboxylic acid groups (broad SMARTS) is 1. The van der Waals surface area contributed by atoms with E-state index in [9.17, 15) is 4.79 Å². The van der Waals surface area contributed by atoms with Crippen LogP contribution in [0.3, 0.4) is 0 Å². The van der Waals surface area contributed by atoms with E-state index in [1.807, 2.05) is 18.2 Å². The van der Waals surface area contributed by atoms with Gasteiger partial charge in [-0.05, 0) is 43.7 Å². The van der Waals surface area contributed by atoms with Gasteiger partial charge in [0.1, 0.15) is 11.4 Å². The van der Waals surface area contributed by atoms with Crippen LogP contribution in [0, 0.1) is 5.92 Å². The number of methoxy groups -OCH3 is 1. The molecule has 0 radical (unpaired) electrons. The Labute approximate surface area is 200 Å². The zero-order chi connectivity index (χ0) is 24.1. The molecule has 34 heavy (non-hydrogen) atoms. The number of hydrogen-bond acceptors (Lipinski definition) is 9. The molecule has 2 fully saturated rings. The number of aliphatic carboxylic acids is 1. The van der Waals surface area contributed by atoms with Crippen molar-refractivity contribution in [3.63, 3.8) is 0 Å². The van der Waals surface area contributed by atoms with Crippen LogP contribution in [0.25, 0.3) is 0 Å². The zero-order valence-electron chi connectivity index (χ0n) is 19.7. The van der Waals surface area contributed by atoms with Gasteiger partial charge in [-0.1, -0.05) is 19.3 Å². The fourth-order valence-electron chi connectivity index (χ4n) is 4.84. The molecule has 184 valence electrons. The number of nitrogen functional groups attached to an aromatic ring is 2. The highest BCUT2D eigenvalue weighted by molar-refractivity contribution is 5.76. The summed E-state index contributed by atoms with van der Waals surface area (Å²) in [5.41, 5.74) is 14.4. The summed E-state index contributed by atoms with van der Waals surface area (Å²) in [5, 5.41) is 15.7. The van der Waals surface area contributed by atoms with Gasteiger partial charge in [0.15, 0.2) is 11.6 Å². The molecule has 1 aromatic carbocycles. The summed E-state index contributed by atoms with van der Waals surface area (Å²) in [5.74, 6) is 1.31. The largest absolute Gasteiger partial charge is 0.494 e. The number of ether oxygens (including phenoxy) is 1. The lowest BCUT2D eigenvalue weighted by Crippen LogP contribution is -2.34. The summed E-state index contributed by atoms with van der Waals surface area (Å²) < 4.78 is 5.63. The summed E-state index contributed by atoms with van der Waals surface area (Å²) in [6.45, 7) is 1.64. The van der Waals surface area contributed by atoms with Gasteiger partial charge in [0, 0.05) is 37.3 Å². The van der Waals surface area contributed by atoms with E-state index in [1.165, 1.54) is 19.3 Å². The first-order valence-electron chi connectivity index (χ1n) is 12.0. The standard InChI is InChI=1S/C24H35N7O3/c1-34-19-14-17(31-11-9-15(10-12-31)13-20(32)33)7-8-18(19)28-24-29-22(26)21(25)23(30-24)27-16-5-3-2-4-6-16/h7-8,14-16H,2-6,9-13,25H2,1H3,(H,32,33)(H4,26,27,28,29,30). The number of aromatic nitrogens is 2. The number of hydrogen-bond donors (Lipinski definition) is 5. The fraction of sp³-hybridized carbons (Fsp3) is 0.542. The van der Waals surface area contributed by atoms with Gasteiger partial charge in [-0.15, -0.1) is 0 Å². The first kappa shape index (κ1) is 23.7. The SMILES string of the molecule is COc1cc(N2CCC(CC(=O)O)CC2)ccc1Nc1nc(N)c(N)c(NC2CCCCC2)n1. The van der Waals surface area contributed by atoms with Crippen molar-refractivity contribution in [3.8, 4) is 5.75 Å². The maximum Gasteiger partial charge on any atom is 0.303 e. The molecule has 10 nitrogen and oxygen atoms in total. The molecule has 1 aromatic heterocycles. The molecule has 0 unspecified atom stereocenters. The van der Waals surface area contributed by atoms with Gasteiger partial charge in [0.05, 0.1) is 12.8 Å². The van der Waals surface area contributed by atoms with Crippen molar-refractivity contribution in [1.29, 1.82) is 0 Å². The molecule has 4 rings (SSSR count). The Morgan fingerprint density at radius 3 is 2.56 bits per heavy atom. The van der Waals surface area contributed by atoms with Gasteiger partial charge >= 0.3 is 5.97 Å². The van der Waals surface area contributed by atoms with E-state index in [0.29, 0.717) is 29.2 Å². The second-order valence-electron chi connectivity index (χ2n) is 9.21. The molecule has 7 N–H and O–H groups in total. The van der Waals surface area contributed by atoms with E-state index in [2.05, 4.69) is 25.5 Å². The molecule has 1 aliphatic heterocycles. The minimum atomic E-state index is -0.724. The van der Waals surface area contributed by atoms with Crippen molar-refractivity contribution in [2.24, 2.45) is 5.92 Å². The Hall–Kier alpha value is -3.43. The highest BCUT2D eigenvalue weighted by atomic mass is 16.5. The van der Waals surface area contributed by atoms with Gasteiger partial charge < -0.3 is 36.8 Å². The Kier molecular flexibility index (Phi) is 7.44. The second kappa shape index (κ2) is 10.7. The third-order valence-electron chi connectivity index (χ3n) is 6.80. The van der Waals surface area contributed by atoms with E-state index >= 15 is 0 Å². The summed E-state index contributed by atoms with van der Waals surface area (Å²) in [7, 11) is 1.62. The molecule has 2 heterocycles. The molecule has 0 amide bonds. The highest BCUT2D eigenvalue weighted by Crippen LogP contribution is 2.35. The lowest BCUT2D eigenvalue weighted by Gasteiger charge is -2.33. The van der Waals surface area contributed by atoms with E-state index in [-0.39, 0.29) is 18.2 Å². The van der Waals surface area contributed by atoms with Crippen molar-refractivity contribution in [2.45, 2.75) is 57.4 Å². The first-order chi connectivity index (χ1) is 16.4. The van der Waals surface area contributed by atoms with Gasteiger partial charge in [0.25, 0.3) is 0 Å². The molecule has 1 saturated carbocycles. The van der Waals surface area contributed by atoms with Crippen molar-refractivity contribution in [2.75, 3.05) is 47.2 Å². The number of benzene rings is 1. The molecule has 1 saturated heterocycles. The summed E-state index contributed by atoms with van der Waals surface area (Å²) in [6.07, 6.45) is 7.82. The topological polar surface area (TPSA) is 152 Å². The molecular weight excluding hydrogens is 434 g/mol. The van der Waals surface area contributed by atoms with Crippen LogP contribution in [0.1, 0.15) is 51.4 Å². The monoisotopic (exact) mass is 469 g/mol. The first-order valence-corrected chi connectivity index (χ1v) is 12.0. The van der Waals surface area contributed by atoms with Crippen LogP contribution >= 0.6 is 0 Å². The Bertz CT molecular complexity index is 1000. The third-order valence-corrected chi connectivity index (χ3v) is 6.80. The van der Waals surface area contributed by atoms with Crippen molar-refractivity contribution in [1.82, 2.24) is 9.97 Å². The van der Waals surface area contributed by atoms with Crippen LogP contribution in [0.5, 0.6) is 5.75 Å². The lowest BCUT2D eigenvalue weighted by molar-refractivity contribution is -0.138. The van der Waals surface area contributed by atoms with Crippen LogP contribution in [-0.4, -0.2) is 47.3 Å². The van der Waals surface area contributed by atoms with Crippen LogP contribution in [0.2, 0.25) is 0 Å². The number of piperidine rings is 1. The Balaban J connectivity index is 1.47. The van der Waals surface area contributed by atoms with Crippen molar-refractivity contribution >= 4 is 40.6 Å². The summed E-state index contributed by atoms with van der Waals surface area (Å²) >= 11 is 0. The predicted octanol–water partition coefficient (Wildman–Crippen LogP) is 3.83.